The lowest BCUT2D eigenvalue weighted by Crippen LogP contribution is -2.23. The van der Waals surface area contributed by atoms with Crippen molar-refractivity contribution in [3.05, 3.63) is 0 Å². The van der Waals surface area contributed by atoms with Gasteiger partial charge in [-0.2, -0.15) is 0 Å². The van der Waals surface area contributed by atoms with Gasteiger partial charge in [0.05, 0.1) is 12.0 Å². The Kier molecular flexibility index (Phi) is 7.09. The van der Waals surface area contributed by atoms with Crippen LogP contribution in [0.15, 0.2) is 0 Å². The molecule has 0 bridgehead atoms. The zero-order valence-electron chi connectivity index (χ0n) is 11.8. The van der Waals surface area contributed by atoms with Gasteiger partial charge in [-0.25, -0.2) is 0 Å². The number of Topliss-reactive ketones (excluding diaryl/α,β-unsaturated/α-hetero) is 1. The molecule has 0 aliphatic rings. The summed E-state index contributed by atoms with van der Waals surface area (Å²) in [6.07, 6.45) is 3.02. The largest absolute Gasteiger partial charge is 0.465 e. The summed E-state index contributed by atoms with van der Waals surface area (Å²) in [6, 6.07) is 0. The van der Waals surface area contributed by atoms with E-state index in [0.717, 1.165) is 12.8 Å². The van der Waals surface area contributed by atoms with Crippen LogP contribution in [0.1, 0.15) is 60.3 Å². The van der Waals surface area contributed by atoms with Crippen molar-refractivity contribution >= 4 is 11.8 Å². The summed E-state index contributed by atoms with van der Waals surface area (Å²) in [5, 5.41) is 0. The molecular weight excluding hydrogens is 216 g/mol. The highest BCUT2D eigenvalue weighted by molar-refractivity contribution is 5.78. The standard InChI is InChI=1S/C14H26O3/c1-6-12(15)10-11(2)8-7-9-17-13(16)14(3,4)5/h11H,6-10H2,1-5H3. The molecule has 0 aromatic carbocycles. The SMILES string of the molecule is CCC(=O)CC(C)CCCOC(=O)C(C)(C)C. The van der Waals surface area contributed by atoms with E-state index in [2.05, 4.69) is 6.92 Å². The fourth-order valence-corrected chi connectivity index (χ4v) is 1.45. The number of hydrogen-bond acceptors (Lipinski definition) is 3. The summed E-state index contributed by atoms with van der Waals surface area (Å²) in [6.45, 7) is 9.95. The summed E-state index contributed by atoms with van der Waals surface area (Å²) >= 11 is 0. The molecule has 0 saturated heterocycles. The minimum atomic E-state index is -0.427. The van der Waals surface area contributed by atoms with E-state index in [1.807, 2.05) is 27.7 Å². The van der Waals surface area contributed by atoms with Crippen LogP contribution in [0.4, 0.5) is 0 Å². The average Bonchev–Trinajstić information content (AvgIpc) is 2.22. The Balaban J connectivity index is 3.65. The Hall–Kier alpha value is -0.860. The quantitative estimate of drug-likeness (QED) is 0.508. The minimum absolute atomic E-state index is 0.158. The van der Waals surface area contributed by atoms with Crippen LogP contribution in [-0.2, 0) is 14.3 Å². The van der Waals surface area contributed by atoms with Gasteiger partial charge in [-0.3, -0.25) is 9.59 Å². The van der Waals surface area contributed by atoms with Crippen LogP contribution in [0.3, 0.4) is 0 Å². The molecule has 0 aliphatic carbocycles. The second-order valence-corrected chi connectivity index (χ2v) is 5.73. The maximum atomic E-state index is 11.5. The van der Waals surface area contributed by atoms with Gasteiger partial charge in [0.25, 0.3) is 0 Å². The summed E-state index contributed by atoms with van der Waals surface area (Å²) in [7, 11) is 0. The number of ether oxygens (including phenoxy) is 1. The Bertz CT molecular complexity index is 251. The maximum absolute atomic E-state index is 11.5. The molecule has 0 aliphatic heterocycles. The zero-order chi connectivity index (χ0) is 13.5. The normalized spacial score (nSPS) is 13.2. The van der Waals surface area contributed by atoms with Crippen LogP contribution in [0.25, 0.3) is 0 Å². The molecule has 17 heavy (non-hydrogen) atoms. The molecule has 0 aromatic heterocycles. The molecule has 0 N–H and O–H groups in total. The predicted octanol–water partition coefficient (Wildman–Crippen LogP) is 3.36. The van der Waals surface area contributed by atoms with Crippen molar-refractivity contribution in [3.8, 4) is 0 Å². The van der Waals surface area contributed by atoms with Crippen LogP contribution in [0, 0.1) is 11.3 Å². The monoisotopic (exact) mass is 242 g/mol. The molecule has 3 nitrogen and oxygen atoms in total. The summed E-state index contributed by atoms with van der Waals surface area (Å²) in [5.41, 5.74) is -0.427. The van der Waals surface area contributed by atoms with E-state index in [1.165, 1.54) is 0 Å². The highest BCUT2D eigenvalue weighted by Crippen LogP contribution is 2.16. The summed E-state index contributed by atoms with van der Waals surface area (Å²) in [4.78, 5) is 22.7. The fraction of sp³-hybridized carbons (Fsp3) is 0.857. The molecule has 0 spiro atoms. The molecule has 3 heteroatoms. The molecule has 1 atom stereocenters. The average molecular weight is 242 g/mol. The van der Waals surface area contributed by atoms with Crippen molar-refractivity contribution in [2.45, 2.75) is 60.3 Å². The number of esters is 1. The fourth-order valence-electron chi connectivity index (χ4n) is 1.45. The number of hydrogen-bond donors (Lipinski definition) is 0. The lowest BCUT2D eigenvalue weighted by molar-refractivity contribution is -0.153. The lowest BCUT2D eigenvalue weighted by Gasteiger charge is -2.17. The first-order valence-corrected chi connectivity index (χ1v) is 6.46. The highest BCUT2D eigenvalue weighted by Gasteiger charge is 2.22. The van der Waals surface area contributed by atoms with E-state index in [9.17, 15) is 9.59 Å². The van der Waals surface area contributed by atoms with Crippen molar-refractivity contribution in [2.24, 2.45) is 11.3 Å². The number of ketones is 1. The lowest BCUT2D eigenvalue weighted by atomic mass is 9.97. The van der Waals surface area contributed by atoms with E-state index in [0.29, 0.717) is 31.1 Å². The van der Waals surface area contributed by atoms with Crippen LogP contribution >= 0.6 is 0 Å². The van der Waals surface area contributed by atoms with E-state index in [4.69, 9.17) is 4.74 Å². The summed E-state index contributed by atoms with van der Waals surface area (Å²) in [5.74, 6) is 0.537. The Morgan fingerprint density at radius 3 is 2.29 bits per heavy atom. The molecule has 0 rings (SSSR count). The molecule has 0 fully saturated rings. The second kappa shape index (κ2) is 7.46. The van der Waals surface area contributed by atoms with Gasteiger partial charge in [0.2, 0.25) is 0 Å². The van der Waals surface area contributed by atoms with Gasteiger partial charge in [0.1, 0.15) is 5.78 Å². The van der Waals surface area contributed by atoms with Crippen molar-refractivity contribution in [1.29, 1.82) is 0 Å². The van der Waals surface area contributed by atoms with Gasteiger partial charge in [0, 0.05) is 12.8 Å². The molecule has 0 radical (unpaired) electrons. The number of rotatable bonds is 7. The van der Waals surface area contributed by atoms with Crippen LogP contribution in [0.2, 0.25) is 0 Å². The van der Waals surface area contributed by atoms with Crippen molar-refractivity contribution in [2.75, 3.05) is 6.61 Å². The Morgan fingerprint density at radius 2 is 1.82 bits per heavy atom. The van der Waals surface area contributed by atoms with Gasteiger partial charge in [-0.1, -0.05) is 13.8 Å². The highest BCUT2D eigenvalue weighted by atomic mass is 16.5. The molecule has 1 unspecified atom stereocenters. The first kappa shape index (κ1) is 16.1. The van der Waals surface area contributed by atoms with E-state index >= 15 is 0 Å². The van der Waals surface area contributed by atoms with Crippen LogP contribution in [0.5, 0.6) is 0 Å². The van der Waals surface area contributed by atoms with Gasteiger partial charge in [-0.05, 0) is 39.5 Å². The maximum Gasteiger partial charge on any atom is 0.311 e. The molecule has 0 amide bonds. The molecule has 0 heterocycles. The van der Waals surface area contributed by atoms with E-state index < -0.39 is 5.41 Å². The van der Waals surface area contributed by atoms with Crippen molar-refractivity contribution in [1.82, 2.24) is 0 Å². The Morgan fingerprint density at radius 1 is 1.24 bits per heavy atom. The Labute approximate surface area is 105 Å². The van der Waals surface area contributed by atoms with Gasteiger partial charge in [-0.15, -0.1) is 0 Å². The van der Waals surface area contributed by atoms with Crippen LogP contribution in [-0.4, -0.2) is 18.4 Å². The van der Waals surface area contributed by atoms with Crippen LogP contribution < -0.4 is 0 Å². The third-order valence-corrected chi connectivity index (χ3v) is 2.66. The predicted molar refractivity (Wildman–Crippen MR) is 68.7 cm³/mol. The van der Waals surface area contributed by atoms with Gasteiger partial charge in [0.15, 0.2) is 0 Å². The third-order valence-electron chi connectivity index (χ3n) is 2.66. The van der Waals surface area contributed by atoms with Gasteiger partial charge < -0.3 is 4.74 Å². The number of carbonyl (C=O) groups excluding carboxylic acids is 2. The van der Waals surface area contributed by atoms with Crippen molar-refractivity contribution < 1.29 is 14.3 Å². The van der Waals surface area contributed by atoms with Gasteiger partial charge >= 0.3 is 5.97 Å². The first-order chi connectivity index (χ1) is 7.77. The third kappa shape index (κ3) is 7.94. The smallest absolute Gasteiger partial charge is 0.311 e. The molecule has 100 valence electrons. The minimum Gasteiger partial charge on any atom is -0.465 e. The summed E-state index contributed by atoms with van der Waals surface area (Å²) < 4.78 is 5.16. The first-order valence-electron chi connectivity index (χ1n) is 6.46. The van der Waals surface area contributed by atoms with E-state index in [-0.39, 0.29) is 5.97 Å². The zero-order valence-corrected chi connectivity index (χ0v) is 11.8. The van der Waals surface area contributed by atoms with E-state index in [1.54, 1.807) is 0 Å². The second-order valence-electron chi connectivity index (χ2n) is 5.73. The molecule has 0 aromatic rings. The molecular formula is C14H26O3. The number of carbonyl (C=O) groups is 2. The molecule has 0 saturated carbocycles. The topological polar surface area (TPSA) is 43.4 Å². The van der Waals surface area contributed by atoms with Crippen molar-refractivity contribution in [3.63, 3.8) is 0 Å².